The van der Waals surface area contributed by atoms with Gasteiger partial charge in [0.05, 0.1) is 0 Å². The second-order valence-corrected chi connectivity index (χ2v) is 5.01. The summed E-state index contributed by atoms with van der Waals surface area (Å²) in [7, 11) is 0. The van der Waals surface area contributed by atoms with Crippen LogP contribution in [0.15, 0.2) is 0 Å². The zero-order valence-electron chi connectivity index (χ0n) is 9.24. The summed E-state index contributed by atoms with van der Waals surface area (Å²) in [6.45, 7) is 1.06. The van der Waals surface area contributed by atoms with Crippen LogP contribution in [0.25, 0.3) is 0 Å². The number of carbonyl (C=O) groups excluding carboxylic acids is 1. The van der Waals surface area contributed by atoms with Gasteiger partial charge in [-0.05, 0) is 37.5 Å². The Morgan fingerprint density at radius 3 is 2.40 bits per heavy atom. The van der Waals surface area contributed by atoms with Crippen molar-refractivity contribution in [3.05, 3.63) is 0 Å². The summed E-state index contributed by atoms with van der Waals surface area (Å²) in [6.07, 6.45) is 6.91. The average molecular weight is 211 g/mol. The molecule has 2 fully saturated rings. The highest BCUT2D eigenvalue weighted by Crippen LogP contribution is 2.31. The van der Waals surface area contributed by atoms with Crippen LogP contribution in [0.2, 0.25) is 0 Å². The van der Waals surface area contributed by atoms with Gasteiger partial charge in [-0.1, -0.05) is 12.8 Å². The zero-order chi connectivity index (χ0) is 10.7. The number of aliphatic hydroxyl groups is 1. The van der Waals surface area contributed by atoms with Crippen LogP contribution in [0.4, 0.5) is 0 Å². The van der Waals surface area contributed by atoms with Gasteiger partial charge in [-0.3, -0.25) is 4.79 Å². The van der Waals surface area contributed by atoms with Crippen molar-refractivity contribution in [1.29, 1.82) is 0 Å². The summed E-state index contributed by atoms with van der Waals surface area (Å²) in [5.41, 5.74) is 0. The molecule has 86 valence electrons. The van der Waals surface area contributed by atoms with Gasteiger partial charge >= 0.3 is 0 Å². The van der Waals surface area contributed by atoms with Crippen molar-refractivity contribution in [2.45, 2.75) is 38.5 Å². The van der Waals surface area contributed by atoms with Crippen molar-refractivity contribution in [1.82, 2.24) is 5.32 Å². The maximum Gasteiger partial charge on any atom is 0.223 e. The van der Waals surface area contributed by atoms with Crippen LogP contribution in [0.1, 0.15) is 38.5 Å². The van der Waals surface area contributed by atoms with Crippen LogP contribution in [0.5, 0.6) is 0 Å². The van der Waals surface area contributed by atoms with E-state index in [1.165, 1.54) is 12.8 Å². The van der Waals surface area contributed by atoms with E-state index < -0.39 is 0 Å². The van der Waals surface area contributed by atoms with E-state index in [0.29, 0.717) is 17.8 Å². The zero-order valence-corrected chi connectivity index (χ0v) is 9.24. The fraction of sp³-hybridized carbons (Fsp3) is 0.917. The third-order valence-electron chi connectivity index (χ3n) is 3.79. The molecule has 0 bridgehead atoms. The van der Waals surface area contributed by atoms with Gasteiger partial charge in [0.25, 0.3) is 0 Å². The Morgan fingerprint density at radius 2 is 1.80 bits per heavy atom. The quantitative estimate of drug-likeness (QED) is 0.736. The van der Waals surface area contributed by atoms with E-state index in [-0.39, 0.29) is 12.5 Å². The Kier molecular flexibility index (Phi) is 3.62. The molecule has 2 atom stereocenters. The summed E-state index contributed by atoms with van der Waals surface area (Å²) in [4.78, 5) is 11.5. The molecule has 0 aromatic carbocycles. The van der Waals surface area contributed by atoms with E-state index in [1.807, 2.05) is 0 Å². The lowest BCUT2D eigenvalue weighted by Crippen LogP contribution is -2.36. The molecule has 0 aliphatic heterocycles. The van der Waals surface area contributed by atoms with E-state index in [9.17, 15) is 9.90 Å². The summed E-state index contributed by atoms with van der Waals surface area (Å²) >= 11 is 0. The molecule has 0 aromatic rings. The lowest BCUT2D eigenvalue weighted by molar-refractivity contribution is -0.122. The molecule has 3 nitrogen and oxygen atoms in total. The van der Waals surface area contributed by atoms with Crippen molar-refractivity contribution < 1.29 is 9.90 Å². The van der Waals surface area contributed by atoms with Crippen LogP contribution in [-0.2, 0) is 4.79 Å². The molecule has 2 saturated carbocycles. The minimum atomic E-state index is 0.234. The maximum atomic E-state index is 11.5. The van der Waals surface area contributed by atoms with Crippen molar-refractivity contribution in [2.24, 2.45) is 17.8 Å². The molecule has 15 heavy (non-hydrogen) atoms. The Labute approximate surface area is 91.2 Å². The van der Waals surface area contributed by atoms with Gasteiger partial charge in [-0.2, -0.15) is 0 Å². The molecule has 0 aromatic heterocycles. The molecule has 2 aliphatic rings. The molecule has 0 spiro atoms. The Hall–Kier alpha value is -0.570. The Balaban J connectivity index is 1.73. The highest BCUT2D eigenvalue weighted by molar-refractivity contribution is 5.80. The summed E-state index contributed by atoms with van der Waals surface area (Å²) in [6, 6.07) is 0. The number of nitrogens with one attached hydrogen (secondary N) is 1. The van der Waals surface area contributed by atoms with Gasteiger partial charge in [-0.15, -0.1) is 0 Å². The predicted octanol–water partition coefficient (Wildman–Crippen LogP) is 1.31. The van der Waals surface area contributed by atoms with Crippen molar-refractivity contribution >= 4 is 5.91 Å². The van der Waals surface area contributed by atoms with E-state index >= 15 is 0 Å². The van der Waals surface area contributed by atoms with Gasteiger partial charge in [0.15, 0.2) is 0 Å². The molecule has 2 N–H and O–H groups in total. The smallest absolute Gasteiger partial charge is 0.223 e. The average Bonchev–Trinajstić information content (AvgIpc) is 3.10. The number of hydrogen-bond donors (Lipinski definition) is 2. The third-order valence-corrected chi connectivity index (χ3v) is 3.79. The SMILES string of the molecule is O=C(NCC1CCCCC1CO)C1CC1. The second kappa shape index (κ2) is 4.97. The van der Waals surface area contributed by atoms with E-state index in [0.717, 1.165) is 32.2 Å². The summed E-state index contributed by atoms with van der Waals surface area (Å²) < 4.78 is 0. The fourth-order valence-corrected chi connectivity index (χ4v) is 2.52. The number of rotatable bonds is 4. The standard InChI is InChI=1S/C12H21NO2/c14-8-11-4-2-1-3-10(11)7-13-12(15)9-5-6-9/h9-11,14H,1-8H2,(H,13,15). The van der Waals surface area contributed by atoms with Crippen molar-refractivity contribution in [3.63, 3.8) is 0 Å². The number of amides is 1. The van der Waals surface area contributed by atoms with Crippen LogP contribution >= 0.6 is 0 Å². The molecular weight excluding hydrogens is 190 g/mol. The van der Waals surface area contributed by atoms with Crippen LogP contribution < -0.4 is 5.32 Å². The molecule has 2 unspecified atom stereocenters. The highest BCUT2D eigenvalue weighted by Gasteiger charge is 2.31. The minimum absolute atomic E-state index is 0.234. The molecule has 0 heterocycles. The minimum Gasteiger partial charge on any atom is -0.396 e. The van der Waals surface area contributed by atoms with E-state index in [4.69, 9.17) is 0 Å². The van der Waals surface area contributed by atoms with Crippen molar-refractivity contribution in [2.75, 3.05) is 13.2 Å². The number of carbonyl (C=O) groups is 1. The molecule has 1 amide bonds. The van der Waals surface area contributed by atoms with Gasteiger partial charge in [0, 0.05) is 19.1 Å². The monoisotopic (exact) mass is 211 g/mol. The summed E-state index contributed by atoms with van der Waals surface area (Å²) in [5.74, 6) is 1.46. The Morgan fingerprint density at radius 1 is 1.13 bits per heavy atom. The number of hydrogen-bond acceptors (Lipinski definition) is 2. The van der Waals surface area contributed by atoms with Crippen molar-refractivity contribution in [3.8, 4) is 0 Å². The lowest BCUT2D eigenvalue weighted by Gasteiger charge is -2.30. The molecule has 3 heteroatoms. The van der Waals surface area contributed by atoms with Gasteiger partial charge in [0.1, 0.15) is 0 Å². The van der Waals surface area contributed by atoms with Gasteiger partial charge in [0.2, 0.25) is 5.91 Å². The van der Waals surface area contributed by atoms with Crippen LogP contribution in [-0.4, -0.2) is 24.2 Å². The fourth-order valence-electron chi connectivity index (χ4n) is 2.52. The molecule has 2 aliphatic carbocycles. The molecule has 0 saturated heterocycles. The topological polar surface area (TPSA) is 49.3 Å². The third kappa shape index (κ3) is 2.94. The largest absolute Gasteiger partial charge is 0.396 e. The predicted molar refractivity (Wildman–Crippen MR) is 58.3 cm³/mol. The highest BCUT2D eigenvalue weighted by atomic mass is 16.3. The number of aliphatic hydroxyl groups excluding tert-OH is 1. The normalized spacial score (nSPS) is 31.3. The first-order valence-corrected chi connectivity index (χ1v) is 6.20. The molecule has 0 radical (unpaired) electrons. The first kappa shape index (κ1) is 10.9. The Bertz CT molecular complexity index is 226. The summed E-state index contributed by atoms with van der Waals surface area (Å²) in [5, 5.41) is 12.3. The maximum absolute atomic E-state index is 11.5. The van der Waals surface area contributed by atoms with E-state index in [2.05, 4.69) is 5.32 Å². The van der Waals surface area contributed by atoms with Gasteiger partial charge < -0.3 is 10.4 Å². The molecular formula is C12H21NO2. The van der Waals surface area contributed by atoms with Crippen LogP contribution in [0.3, 0.4) is 0 Å². The molecule has 2 rings (SSSR count). The van der Waals surface area contributed by atoms with Crippen LogP contribution in [0, 0.1) is 17.8 Å². The lowest BCUT2D eigenvalue weighted by atomic mass is 9.79. The first-order valence-electron chi connectivity index (χ1n) is 6.20. The second-order valence-electron chi connectivity index (χ2n) is 5.01. The first-order chi connectivity index (χ1) is 7.31. The van der Waals surface area contributed by atoms with E-state index in [1.54, 1.807) is 0 Å². The van der Waals surface area contributed by atoms with Gasteiger partial charge in [-0.25, -0.2) is 0 Å².